The summed E-state index contributed by atoms with van der Waals surface area (Å²) in [6.07, 6.45) is 3.41. The Balaban J connectivity index is 2.71. The molecule has 0 amide bonds. The van der Waals surface area contributed by atoms with Gasteiger partial charge in [0.15, 0.2) is 11.6 Å². The summed E-state index contributed by atoms with van der Waals surface area (Å²) < 4.78 is 13.3. The van der Waals surface area contributed by atoms with Crippen LogP contribution >= 0.6 is 0 Å². The van der Waals surface area contributed by atoms with Crippen molar-refractivity contribution in [3.8, 4) is 5.75 Å². The number of phenols is 1. The Morgan fingerprint density at radius 1 is 1.33 bits per heavy atom. The highest BCUT2D eigenvalue weighted by Gasteiger charge is 2.13. The van der Waals surface area contributed by atoms with Crippen LogP contribution in [0.25, 0.3) is 0 Å². The molecule has 3 heteroatoms. The van der Waals surface area contributed by atoms with Crippen molar-refractivity contribution in [2.45, 2.75) is 52.6 Å². The van der Waals surface area contributed by atoms with E-state index in [4.69, 9.17) is 0 Å². The van der Waals surface area contributed by atoms with Crippen molar-refractivity contribution < 1.29 is 9.50 Å². The second-order valence-corrected chi connectivity index (χ2v) is 4.87. The summed E-state index contributed by atoms with van der Waals surface area (Å²) in [4.78, 5) is 2.37. The molecule has 0 radical (unpaired) electrons. The molecule has 1 unspecified atom stereocenters. The van der Waals surface area contributed by atoms with Gasteiger partial charge in [0.1, 0.15) is 0 Å². The van der Waals surface area contributed by atoms with Gasteiger partial charge in [-0.3, -0.25) is 4.90 Å². The number of nitrogens with zero attached hydrogens (tertiary/aromatic N) is 1. The summed E-state index contributed by atoms with van der Waals surface area (Å²) >= 11 is 0. The van der Waals surface area contributed by atoms with Crippen molar-refractivity contribution in [1.29, 1.82) is 0 Å². The van der Waals surface area contributed by atoms with E-state index in [2.05, 4.69) is 25.7 Å². The molecule has 0 aromatic heterocycles. The fraction of sp³-hybridized carbons (Fsp3) is 0.600. The van der Waals surface area contributed by atoms with E-state index < -0.39 is 5.82 Å². The van der Waals surface area contributed by atoms with E-state index in [1.807, 2.05) is 0 Å². The number of rotatable bonds is 7. The maximum atomic E-state index is 13.3. The average molecular weight is 253 g/mol. The molecule has 0 bridgehead atoms. The molecule has 0 fully saturated rings. The summed E-state index contributed by atoms with van der Waals surface area (Å²) in [6, 6.07) is 5.14. The van der Waals surface area contributed by atoms with Crippen molar-refractivity contribution in [3.63, 3.8) is 0 Å². The van der Waals surface area contributed by atoms with Crippen LogP contribution in [0.15, 0.2) is 18.2 Å². The molecular weight excluding hydrogens is 229 g/mol. The molecule has 1 rings (SSSR count). The number of aromatic hydroxyl groups is 1. The van der Waals surface area contributed by atoms with Crippen LogP contribution in [0.3, 0.4) is 0 Å². The Labute approximate surface area is 109 Å². The molecule has 18 heavy (non-hydrogen) atoms. The van der Waals surface area contributed by atoms with Gasteiger partial charge >= 0.3 is 0 Å². The highest BCUT2D eigenvalue weighted by molar-refractivity contribution is 5.27. The number of hydrogen-bond acceptors (Lipinski definition) is 2. The van der Waals surface area contributed by atoms with Gasteiger partial charge in [-0.15, -0.1) is 0 Å². The van der Waals surface area contributed by atoms with E-state index in [9.17, 15) is 9.50 Å². The molecule has 1 N–H and O–H groups in total. The topological polar surface area (TPSA) is 23.5 Å². The molecule has 0 aliphatic carbocycles. The van der Waals surface area contributed by atoms with Crippen LogP contribution in [0.1, 0.15) is 45.6 Å². The molecule has 0 heterocycles. The second kappa shape index (κ2) is 7.37. The zero-order chi connectivity index (χ0) is 13.5. The van der Waals surface area contributed by atoms with Crippen molar-refractivity contribution in [3.05, 3.63) is 29.6 Å². The predicted octanol–water partition coefficient (Wildman–Crippen LogP) is 3.93. The Hall–Kier alpha value is -1.09. The Kier molecular flexibility index (Phi) is 6.13. The SMILES string of the molecule is CCCCN(Cc1ccc(O)c(F)c1)C(C)CC. The number of phenolic OH excluding ortho intramolecular Hbond substituents is 1. The first-order valence-corrected chi connectivity index (χ1v) is 6.79. The van der Waals surface area contributed by atoms with Crippen molar-refractivity contribution in [2.24, 2.45) is 0 Å². The molecule has 1 aromatic carbocycles. The van der Waals surface area contributed by atoms with Crippen LogP contribution in [-0.4, -0.2) is 22.6 Å². The first-order chi connectivity index (χ1) is 8.58. The van der Waals surface area contributed by atoms with E-state index in [0.717, 1.165) is 37.9 Å². The zero-order valence-corrected chi connectivity index (χ0v) is 11.6. The predicted molar refractivity (Wildman–Crippen MR) is 73.1 cm³/mol. The van der Waals surface area contributed by atoms with E-state index in [0.29, 0.717) is 6.04 Å². The molecular formula is C15H24FNO. The Morgan fingerprint density at radius 2 is 2.06 bits per heavy atom. The first kappa shape index (κ1) is 15.0. The van der Waals surface area contributed by atoms with Crippen LogP contribution in [-0.2, 0) is 6.54 Å². The lowest BCUT2D eigenvalue weighted by Gasteiger charge is -2.28. The van der Waals surface area contributed by atoms with Gasteiger partial charge in [-0.25, -0.2) is 4.39 Å². The molecule has 0 saturated carbocycles. The van der Waals surface area contributed by atoms with Gasteiger partial charge in [-0.2, -0.15) is 0 Å². The lowest BCUT2D eigenvalue weighted by atomic mass is 10.1. The number of unbranched alkanes of at least 4 members (excludes halogenated alkanes) is 1. The van der Waals surface area contributed by atoms with E-state index >= 15 is 0 Å². The third kappa shape index (κ3) is 4.30. The fourth-order valence-electron chi connectivity index (χ4n) is 1.96. The first-order valence-electron chi connectivity index (χ1n) is 6.79. The van der Waals surface area contributed by atoms with Gasteiger partial charge in [-0.05, 0) is 44.0 Å². The summed E-state index contributed by atoms with van der Waals surface area (Å²) in [5.41, 5.74) is 0.918. The molecule has 1 atom stereocenters. The van der Waals surface area contributed by atoms with E-state index in [1.165, 1.54) is 12.1 Å². The van der Waals surface area contributed by atoms with Gasteiger partial charge in [0.25, 0.3) is 0 Å². The summed E-state index contributed by atoms with van der Waals surface area (Å²) in [6.45, 7) is 8.32. The van der Waals surface area contributed by atoms with Gasteiger partial charge in [0.2, 0.25) is 0 Å². The van der Waals surface area contributed by atoms with Gasteiger partial charge in [0, 0.05) is 12.6 Å². The molecule has 0 aliphatic rings. The van der Waals surface area contributed by atoms with Gasteiger partial charge < -0.3 is 5.11 Å². The van der Waals surface area contributed by atoms with Crippen LogP contribution in [0.5, 0.6) is 5.75 Å². The van der Waals surface area contributed by atoms with Crippen molar-refractivity contribution in [1.82, 2.24) is 4.90 Å². The van der Waals surface area contributed by atoms with Crippen LogP contribution in [0.2, 0.25) is 0 Å². The maximum Gasteiger partial charge on any atom is 0.165 e. The number of benzene rings is 1. The van der Waals surface area contributed by atoms with E-state index in [-0.39, 0.29) is 5.75 Å². The van der Waals surface area contributed by atoms with Crippen LogP contribution < -0.4 is 0 Å². The van der Waals surface area contributed by atoms with Crippen molar-refractivity contribution >= 4 is 0 Å². The Bertz CT molecular complexity index is 368. The highest BCUT2D eigenvalue weighted by atomic mass is 19.1. The number of halogens is 1. The summed E-state index contributed by atoms with van der Waals surface area (Å²) in [5.74, 6) is -0.811. The Morgan fingerprint density at radius 3 is 2.61 bits per heavy atom. The minimum Gasteiger partial charge on any atom is -0.505 e. The van der Waals surface area contributed by atoms with Crippen LogP contribution in [0, 0.1) is 5.82 Å². The molecule has 0 saturated heterocycles. The van der Waals surface area contributed by atoms with Gasteiger partial charge in [-0.1, -0.05) is 26.3 Å². The zero-order valence-electron chi connectivity index (χ0n) is 11.6. The monoisotopic (exact) mass is 253 g/mol. The van der Waals surface area contributed by atoms with E-state index in [1.54, 1.807) is 6.07 Å². The third-order valence-corrected chi connectivity index (χ3v) is 3.41. The van der Waals surface area contributed by atoms with Crippen LogP contribution in [0.4, 0.5) is 4.39 Å². The quantitative estimate of drug-likeness (QED) is 0.795. The normalized spacial score (nSPS) is 12.9. The molecule has 1 aromatic rings. The molecule has 0 spiro atoms. The lowest BCUT2D eigenvalue weighted by molar-refractivity contribution is 0.192. The minimum atomic E-state index is -0.535. The third-order valence-electron chi connectivity index (χ3n) is 3.41. The molecule has 102 valence electrons. The lowest BCUT2D eigenvalue weighted by Crippen LogP contribution is -2.33. The highest BCUT2D eigenvalue weighted by Crippen LogP contribution is 2.18. The fourth-order valence-corrected chi connectivity index (χ4v) is 1.96. The minimum absolute atomic E-state index is 0.276. The largest absolute Gasteiger partial charge is 0.505 e. The summed E-state index contributed by atoms with van der Waals surface area (Å²) in [7, 11) is 0. The molecule has 0 aliphatic heterocycles. The number of hydrogen-bond donors (Lipinski definition) is 1. The standard InChI is InChI=1S/C15H24FNO/c1-4-6-9-17(12(3)5-2)11-13-7-8-15(18)14(16)10-13/h7-8,10,12,18H,4-6,9,11H2,1-3H3. The second-order valence-electron chi connectivity index (χ2n) is 4.87. The maximum absolute atomic E-state index is 13.3. The average Bonchev–Trinajstić information content (AvgIpc) is 2.37. The smallest absolute Gasteiger partial charge is 0.165 e. The molecule has 2 nitrogen and oxygen atoms in total. The van der Waals surface area contributed by atoms with Gasteiger partial charge in [0.05, 0.1) is 0 Å². The summed E-state index contributed by atoms with van der Waals surface area (Å²) in [5, 5.41) is 9.19. The van der Waals surface area contributed by atoms with Crippen molar-refractivity contribution in [2.75, 3.05) is 6.54 Å².